The van der Waals surface area contributed by atoms with Crippen LogP contribution in [0.1, 0.15) is 17.0 Å². The first-order valence-electron chi connectivity index (χ1n) is 9.94. The molecule has 1 aromatic heterocycles. The molecule has 0 aliphatic rings. The summed E-state index contributed by atoms with van der Waals surface area (Å²) < 4.78 is 1.77. The van der Waals surface area contributed by atoms with Gasteiger partial charge < -0.3 is 15.2 Å². The lowest BCUT2D eigenvalue weighted by Gasteiger charge is -2.10. The van der Waals surface area contributed by atoms with Gasteiger partial charge in [0.15, 0.2) is 5.16 Å². The largest absolute Gasteiger partial charge is 0.325 e. The van der Waals surface area contributed by atoms with Crippen molar-refractivity contribution in [1.29, 1.82) is 0 Å². The maximum atomic E-state index is 12.5. The van der Waals surface area contributed by atoms with Crippen LogP contribution in [0.3, 0.4) is 0 Å². The SMILES string of the molecule is C=CCn1c(CC(=O)Nc2ccccc2Cl)nnc1SCC(=O)Nc1cc(C)cc(C)c1. The van der Waals surface area contributed by atoms with E-state index in [4.69, 9.17) is 11.6 Å². The van der Waals surface area contributed by atoms with E-state index in [1.165, 1.54) is 11.8 Å². The molecular weight excluding hydrogens is 446 g/mol. The molecule has 2 aromatic carbocycles. The first-order valence-corrected chi connectivity index (χ1v) is 11.3. The Kier molecular flexibility index (Phi) is 8.08. The van der Waals surface area contributed by atoms with Crippen molar-refractivity contribution in [3.8, 4) is 0 Å². The molecule has 7 nitrogen and oxygen atoms in total. The second kappa shape index (κ2) is 11.0. The zero-order valence-corrected chi connectivity index (χ0v) is 19.5. The van der Waals surface area contributed by atoms with Crippen molar-refractivity contribution in [2.45, 2.75) is 32.0 Å². The maximum absolute atomic E-state index is 12.5. The van der Waals surface area contributed by atoms with Crippen molar-refractivity contribution in [3.05, 3.63) is 77.1 Å². The predicted octanol–water partition coefficient (Wildman–Crippen LogP) is 4.65. The van der Waals surface area contributed by atoms with Gasteiger partial charge in [-0.3, -0.25) is 9.59 Å². The lowest BCUT2D eigenvalue weighted by atomic mass is 10.1. The van der Waals surface area contributed by atoms with E-state index >= 15 is 0 Å². The molecule has 3 rings (SSSR count). The summed E-state index contributed by atoms with van der Waals surface area (Å²) in [5.41, 5.74) is 3.46. The molecule has 0 fully saturated rings. The number of nitrogens with zero attached hydrogens (tertiary/aromatic N) is 3. The molecule has 0 saturated carbocycles. The van der Waals surface area contributed by atoms with E-state index in [1.54, 1.807) is 34.9 Å². The number of hydrogen-bond acceptors (Lipinski definition) is 5. The number of allylic oxidation sites excluding steroid dienone is 1. The number of anilines is 2. The van der Waals surface area contributed by atoms with E-state index in [0.29, 0.717) is 28.2 Å². The van der Waals surface area contributed by atoms with Crippen LogP contribution in [0.5, 0.6) is 0 Å². The summed E-state index contributed by atoms with van der Waals surface area (Å²) in [4.78, 5) is 24.9. The van der Waals surface area contributed by atoms with Crippen molar-refractivity contribution in [2.24, 2.45) is 0 Å². The van der Waals surface area contributed by atoms with Gasteiger partial charge in [-0.1, -0.05) is 47.6 Å². The number of carbonyl (C=O) groups excluding carboxylic acids is 2. The number of amides is 2. The molecule has 0 radical (unpaired) electrons. The molecule has 32 heavy (non-hydrogen) atoms. The minimum atomic E-state index is -0.264. The van der Waals surface area contributed by atoms with Gasteiger partial charge in [0.05, 0.1) is 22.9 Å². The topological polar surface area (TPSA) is 88.9 Å². The van der Waals surface area contributed by atoms with Gasteiger partial charge in [-0.25, -0.2) is 0 Å². The van der Waals surface area contributed by atoms with Gasteiger partial charge in [0.1, 0.15) is 5.82 Å². The Bertz CT molecular complexity index is 1120. The Hall–Kier alpha value is -3.10. The predicted molar refractivity (Wildman–Crippen MR) is 129 cm³/mol. The van der Waals surface area contributed by atoms with Gasteiger partial charge in [-0.2, -0.15) is 0 Å². The molecule has 0 saturated heterocycles. The maximum Gasteiger partial charge on any atom is 0.234 e. The zero-order valence-electron chi connectivity index (χ0n) is 17.9. The number of aryl methyl sites for hydroxylation is 2. The van der Waals surface area contributed by atoms with Crippen LogP contribution in [-0.2, 0) is 22.6 Å². The van der Waals surface area contributed by atoms with Crippen LogP contribution in [0.2, 0.25) is 5.02 Å². The summed E-state index contributed by atoms with van der Waals surface area (Å²) >= 11 is 7.35. The molecule has 0 atom stereocenters. The zero-order chi connectivity index (χ0) is 23.1. The second-order valence-corrected chi connectivity index (χ2v) is 8.57. The number of rotatable bonds is 9. The van der Waals surface area contributed by atoms with Crippen molar-refractivity contribution >= 4 is 46.6 Å². The summed E-state index contributed by atoms with van der Waals surface area (Å²) in [5.74, 6) is 0.228. The molecule has 0 aliphatic heterocycles. The van der Waals surface area contributed by atoms with Crippen LogP contribution in [-0.4, -0.2) is 32.3 Å². The Labute approximate surface area is 196 Å². The molecule has 166 valence electrons. The monoisotopic (exact) mass is 469 g/mol. The quantitative estimate of drug-likeness (QED) is 0.352. The van der Waals surface area contributed by atoms with Crippen LogP contribution in [0.15, 0.2) is 60.3 Å². The van der Waals surface area contributed by atoms with Crippen molar-refractivity contribution in [3.63, 3.8) is 0 Å². The van der Waals surface area contributed by atoms with E-state index in [-0.39, 0.29) is 24.0 Å². The highest BCUT2D eigenvalue weighted by molar-refractivity contribution is 7.99. The number of nitrogens with one attached hydrogen (secondary N) is 2. The Morgan fingerprint density at radius 1 is 1.09 bits per heavy atom. The summed E-state index contributed by atoms with van der Waals surface area (Å²) in [6.45, 7) is 8.15. The van der Waals surface area contributed by atoms with Gasteiger partial charge in [0, 0.05) is 12.2 Å². The number of carbonyl (C=O) groups is 2. The van der Waals surface area contributed by atoms with E-state index < -0.39 is 0 Å². The Morgan fingerprint density at radius 3 is 2.50 bits per heavy atom. The number of halogens is 1. The van der Waals surface area contributed by atoms with Crippen LogP contribution in [0.4, 0.5) is 11.4 Å². The van der Waals surface area contributed by atoms with Gasteiger partial charge in [-0.05, 0) is 49.2 Å². The highest BCUT2D eigenvalue weighted by Crippen LogP contribution is 2.22. The summed E-state index contributed by atoms with van der Waals surface area (Å²) in [6.07, 6.45) is 1.71. The molecule has 3 aromatic rings. The van der Waals surface area contributed by atoms with Crippen molar-refractivity contribution < 1.29 is 9.59 Å². The molecule has 0 aliphatic carbocycles. The average Bonchev–Trinajstić information content (AvgIpc) is 3.09. The fraction of sp³-hybridized carbons (Fsp3) is 0.217. The fourth-order valence-corrected chi connectivity index (χ4v) is 4.09. The number of benzene rings is 2. The van der Waals surface area contributed by atoms with Crippen LogP contribution >= 0.6 is 23.4 Å². The third-order valence-corrected chi connectivity index (χ3v) is 5.71. The van der Waals surface area contributed by atoms with Crippen LogP contribution in [0, 0.1) is 13.8 Å². The molecular formula is C23H24ClN5O2S. The van der Waals surface area contributed by atoms with Crippen LogP contribution in [0.25, 0.3) is 0 Å². The first kappa shape index (κ1) is 23.6. The number of hydrogen-bond donors (Lipinski definition) is 2. The Balaban J connectivity index is 1.63. The van der Waals surface area contributed by atoms with E-state index in [9.17, 15) is 9.59 Å². The molecule has 9 heteroatoms. The van der Waals surface area contributed by atoms with Crippen molar-refractivity contribution in [1.82, 2.24) is 14.8 Å². The summed E-state index contributed by atoms with van der Waals surface area (Å²) in [7, 11) is 0. The smallest absolute Gasteiger partial charge is 0.234 e. The summed E-state index contributed by atoms with van der Waals surface area (Å²) in [5, 5.41) is 15.0. The lowest BCUT2D eigenvalue weighted by molar-refractivity contribution is -0.116. The minimum Gasteiger partial charge on any atom is -0.325 e. The molecule has 1 heterocycles. The normalized spacial score (nSPS) is 10.6. The van der Waals surface area contributed by atoms with E-state index in [1.807, 2.05) is 32.0 Å². The van der Waals surface area contributed by atoms with E-state index in [0.717, 1.165) is 16.8 Å². The van der Waals surface area contributed by atoms with Gasteiger partial charge in [-0.15, -0.1) is 16.8 Å². The average molecular weight is 470 g/mol. The second-order valence-electron chi connectivity index (χ2n) is 7.22. The number of para-hydroxylation sites is 1. The Morgan fingerprint density at radius 2 is 1.81 bits per heavy atom. The summed E-state index contributed by atoms with van der Waals surface area (Å²) in [6, 6.07) is 12.9. The molecule has 0 unspecified atom stereocenters. The fourth-order valence-electron chi connectivity index (χ4n) is 3.14. The third kappa shape index (κ3) is 6.45. The highest BCUT2D eigenvalue weighted by atomic mass is 35.5. The molecule has 2 N–H and O–H groups in total. The van der Waals surface area contributed by atoms with Gasteiger partial charge in [0.25, 0.3) is 0 Å². The first-order chi connectivity index (χ1) is 15.4. The van der Waals surface area contributed by atoms with Crippen molar-refractivity contribution in [2.75, 3.05) is 16.4 Å². The highest BCUT2D eigenvalue weighted by Gasteiger charge is 2.17. The number of thioether (sulfide) groups is 1. The third-order valence-electron chi connectivity index (χ3n) is 4.41. The molecule has 2 amide bonds. The van der Waals surface area contributed by atoms with E-state index in [2.05, 4.69) is 27.4 Å². The van der Waals surface area contributed by atoms with Crippen LogP contribution < -0.4 is 10.6 Å². The minimum absolute atomic E-state index is 0.0153. The molecule has 0 bridgehead atoms. The number of aromatic nitrogens is 3. The standard InChI is InChI=1S/C23H24ClN5O2S/c1-4-9-29-20(13-21(30)26-19-8-6-5-7-18(19)24)27-28-23(29)32-14-22(31)25-17-11-15(2)10-16(3)12-17/h4-8,10-12H,1,9,13-14H2,2-3H3,(H,25,31)(H,26,30). The molecule has 0 spiro atoms. The lowest BCUT2D eigenvalue weighted by Crippen LogP contribution is -2.18. The van der Waals surface area contributed by atoms with Gasteiger partial charge in [0.2, 0.25) is 11.8 Å². The van der Waals surface area contributed by atoms with Gasteiger partial charge >= 0.3 is 0 Å².